The summed E-state index contributed by atoms with van der Waals surface area (Å²) in [6.07, 6.45) is 19.3. The van der Waals surface area contributed by atoms with Crippen LogP contribution in [0.15, 0.2) is 30.3 Å². The zero-order valence-electron chi connectivity index (χ0n) is 32.5. The molecule has 0 amide bonds. The van der Waals surface area contributed by atoms with Crippen LogP contribution in [0.25, 0.3) is 0 Å². The van der Waals surface area contributed by atoms with E-state index in [9.17, 15) is 0 Å². The maximum atomic E-state index is 5.68. The van der Waals surface area contributed by atoms with E-state index in [1.165, 1.54) is 83.5 Å². The molecule has 0 spiro atoms. The molecule has 0 saturated heterocycles. The molecule has 10 heteroatoms. The highest BCUT2D eigenvalue weighted by Gasteiger charge is 1.98. The molecule has 300 valence electrons. The Morgan fingerprint density at radius 3 is 0.843 bits per heavy atom. The van der Waals surface area contributed by atoms with Crippen LogP contribution in [-0.4, -0.2) is 126 Å². The molecule has 0 bridgehead atoms. The molecule has 51 heavy (non-hydrogen) atoms. The molecule has 0 unspecified atom stereocenters. The number of hydrogen-bond acceptors (Lipinski definition) is 10. The molecule has 0 aliphatic carbocycles. The summed E-state index contributed by atoms with van der Waals surface area (Å²) in [5.41, 5.74) is 1.16. The van der Waals surface area contributed by atoms with E-state index in [1.807, 2.05) is 30.3 Å². The third-order valence-electron chi connectivity index (χ3n) is 8.10. The maximum Gasteiger partial charge on any atom is 0.0718 e. The van der Waals surface area contributed by atoms with Crippen molar-refractivity contribution in [3.05, 3.63) is 35.9 Å². The second-order valence-corrected chi connectivity index (χ2v) is 12.6. The first-order valence-corrected chi connectivity index (χ1v) is 20.2. The van der Waals surface area contributed by atoms with Crippen molar-refractivity contribution < 1.29 is 47.4 Å². The third kappa shape index (κ3) is 39.9. The minimum atomic E-state index is 0.527. The molecule has 1 aromatic carbocycles. The van der Waals surface area contributed by atoms with Crippen molar-refractivity contribution in [1.29, 1.82) is 0 Å². The van der Waals surface area contributed by atoms with Gasteiger partial charge >= 0.3 is 0 Å². The van der Waals surface area contributed by atoms with Gasteiger partial charge in [0.15, 0.2) is 0 Å². The summed E-state index contributed by atoms with van der Waals surface area (Å²) in [6, 6.07) is 10.1. The second kappa shape index (κ2) is 43.2. The Morgan fingerprint density at radius 1 is 0.275 bits per heavy atom. The van der Waals surface area contributed by atoms with Crippen LogP contribution in [0.5, 0.6) is 0 Å². The van der Waals surface area contributed by atoms with Crippen molar-refractivity contribution >= 4 is 0 Å². The summed E-state index contributed by atoms with van der Waals surface area (Å²) >= 11 is 0. The topological polar surface area (TPSA) is 92.3 Å². The lowest BCUT2D eigenvalue weighted by Gasteiger charge is -2.09. The van der Waals surface area contributed by atoms with E-state index in [0.717, 1.165) is 18.6 Å². The summed E-state index contributed by atoms with van der Waals surface area (Å²) < 4.78 is 55.4. The largest absolute Gasteiger partial charge is 0.379 e. The molecule has 0 aromatic heterocycles. The lowest BCUT2D eigenvalue weighted by atomic mass is 10.0. The highest BCUT2D eigenvalue weighted by Crippen LogP contribution is 2.13. The van der Waals surface area contributed by atoms with Crippen molar-refractivity contribution in [3.63, 3.8) is 0 Å². The van der Waals surface area contributed by atoms with Gasteiger partial charge in [0.05, 0.1) is 126 Å². The van der Waals surface area contributed by atoms with Gasteiger partial charge in [0.25, 0.3) is 0 Å². The summed E-state index contributed by atoms with van der Waals surface area (Å²) in [5.74, 6) is 0. The Balaban J connectivity index is 1.60. The molecule has 0 atom stereocenters. The van der Waals surface area contributed by atoms with Crippen molar-refractivity contribution in [1.82, 2.24) is 0 Å². The fourth-order valence-corrected chi connectivity index (χ4v) is 5.14. The summed E-state index contributed by atoms with van der Waals surface area (Å²) in [4.78, 5) is 0. The van der Waals surface area contributed by atoms with E-state index in [4.69, 9.17) is 47.4 Å². The molecule has 0 N–H and O–H groups in total. The predicted molar refractivity (Wildman–Crippen MR) is 204 cm³/mol. The van der Waals surface area contributed by atoms with E-state index in [0.29, 0.717) is 126 Å². The summed E-state index contributed by atoms with van der Waals surface area (Å²) in [5, 5.41) is 0. The monoisotopic (exact) mass is 729 g/mol. The van der Waals surface area contributed by atoms with Crippen LogP contribution in [0.4, 0.5) is 0 Å². The van der Waals surface area contributed by atoms with Crippen LogP contribution in [0.3, 0.4) is 0 Å². The number of ether oxygens (including phenoxy) is 10. The maximum absolute atomic E-state index is 5.68. The average Bonchev–Trinajstić information content (AvgIpc) is 3.15. The molecule has 1 aromatic rings. The predicted octanol–water partition coefficient (Wildman–Crippen LogP) is 7.83. The fourth-order valence-electron chi connectivity index (χ4n) is 5.14. The van der Waals surface area contributed by atoms with Gasteiger partial charge in [-0.1, -0.05) is 121 Å². The van der Waals surface area contributed by atoms with E-state index in [2.05, 4.69) is 6.92 Å². The zero-order chi connectivity index (χ0) is 36.2. The Bertz CT molecular complexity index is 757. The highest BCUT2D eigenvalue weighted by molar-refractivity contribution is 5.13. The lowest BCUT2D eigenvalue weighted by Crippen LogP contribution is -2.15. The zero-order valence-corrected chi connectivity index (χ0v) is 32.5. The van der Waals surface area contributed by atoms with Crippen LogP contribution in [-0.2, 0) is 54.0 Å². The smallest absolute Gasteiger partial charge is 0.0718 e. The molecule has 0 radical (unpaired) electrons. The van der Waals surface area contributed by atoms with Crippen LogP contribution in [0, 0.1) is 0 Å². The van der Waals surface area contributed by atoms with Crippen LogP contribution in [0.2, 0.25) is 0 Å². The van der Waals surface area contributed by atoms with E-state index in [-0.39, 0.29) is 0 Å². The minimum absolute atomic E-state index is 0.527. The van der Waals surface area contributed by atoms with Crippen molar-refractivity contribution in [2.24, 2.45) is 0 Å². The molecule has 0 fully saturated rings. The first kappa shape index (κ1) is 47.8. The van der Waals surface area contributed by atoms with Gasteiger partial charge < -0.3 is 47.4 Å². The normalized spacial score (nSPS) is 11.5. The van der Waals surface area contributed by atoms with Gasteiger partial charge in [0.1, 0.15) is 0 Å². The van der Waals surface area contributed by atoms with Crippen LogP contribution >= 0.6 is 0 Å². The molecule has 1 rings (SSSR count). The number of hydrogen-bond donors (Lipinski definition) is 0. The SMILES string of the molecule is CCCCCCCCCCCCCCCCOCCOCCOCCOCCOCCOCCOCCOCCOCCOCc1ccccc1. The van der Waals surface area contributed by atoms with Crippen molar-refractivity contribution in [2.45, 2.75) is 103 Å². The molecule has 0 aliphatic rings. The van der Waals surface area contributed by atoms with Gasteiger partial charge in [-0.3, -0.25) is 0 Å². The first-order chi connectivity index (χ1) is 25.4. The number of benzene rings is 1. The van der Waals surface area contributed by atoms with Gasteiger partial charge in [-0.15, -0.1) is 0 Å². The van der Waals surface area contributed by atoms with Crippen molar-refractivity contribution in [2.75, 3.05) is 126 Å². The molecule has 0 saturated carbocycles. The van der Waals surface area contributed by atoms with Crippen LogP contribution < -0.4 is 0 Å². The van der Waals surface area contributed by atoms with E-state index in [1.54, 1.807) is 0 Å². The Morgan fingerprint density at radius 2 is 0.529 bits per heavy atom. The Hall–Kier alpha value is -1.18. The molecule has 10 nitrogen and oxygen atoms in total. The van der Waals surface area contributed by atoms with Gasteiger partial charge in [-0.25, -0.2) is 0 Å². The molecular weight excluding hydrogens is 652 g/mol. The Kier molecular flexibility index (Phi) is 40.5. The molecule has 0 heterocycles. The Labute approximate surface area is 311 Å². The standard InChI is InChI=1S/C41H76O10/c1-2-3-4-5-6-7-8-9-10-11-12-13-14-18-21-42-22-23-43-24-25-44-26-27-45-28-29-46-30-31-47-32-33-48-34-35-49-36-37-50-38-39-51-40-41-19-16-15-17-20-41/h15-17,19-20H,2-14,18,21-40H2,1H3. The van der Waals surface area contributed by atoms with E-state index < -0.39 is 0 Å². The van der Waals surface area contributed by atoms with Gasteiger partial charge in [0, 0.05) is 6.61 Å². The first-order valence-electron chi connectivity index (χ1n) is 20.2. The van der Waals surface area contributed by atoms with Crippen molar-refractivity contribution in [3.8, 4) is 0 Å². The number of unbranched alkanes of at least 4 members (excludes halogenated alkanes) is 13. The summed E-state index contributed by atoms with van der Waals surface area (Å²) in [6.45, 7) is 13.7. The fraction of sp³-hybridized carbons (Fsp3) is 0.854. The molecule has 0 aliphatic heterocycles. The summed E-state index contributed by atoms with van der Waals surface area (Å²) in [7, 11) is 0. The number of rotatable bonds is 44. The highest BCUT2D eigenvalue weighted by atomic mass is 16.6. The van der Waals surface area contributed by atoms with Gasteiger partial charge in [-0.2, -0.15) is 0 Å². The van der Waals surface area contributed by atoms with Gasteiger partial charge in [-0.05, 0) is 12.0 Å². The third-order valence-corrected chi connectivity index (χ3v) is 8.10. The van der Waals surface area contributed by atoms with Gasteiger partial charge in [0.2, 0.25) is 0 Å². The lowest BCUT2D eigenvalue weighted by molar-refractivity contribution is -0.0267. The quantitative estimate of drug-likeness (QED) is 0.0620. The molecular formula is C41H76O10. The average molecular weight is 729 g/mol. The van der Waals surface area contributed by atoms with Crippen LogP contribution in [0.1, 0.15) is 102 Å². The second-order valence-electron chi connectivity index (χ2n) is 12.6. The van der Waals surface area contributed by atoms with E-state index >= 15 is 0 Å². The minimum Gasteiger partial charge on any atom is -0.379 e.